The first-order chi connectivity index (χ1) is 9.19. The van der Waals surface area contributed by atoms with Gasteiger partial charge in [0.25, 0.3) is 0 Å². The molecule has 5 nitrogen and oxygen atoms in total. The number of rotatable bonds is 6. The van der Waals surface area contributed by atoms with Gasteiger partial charge < -0.3 is 15.1 Å². The molecule has 0 fully saturated rings. The molecule has 19 heavy (non-hydrogen) atoms. The molecule has 0 amide bonds. The summed E-state index contributed by atoms with van der Waals surface area (Å²) in [6.07, 6.45) is 1.06. The Morgan fingerprint density at radius 2 is 2.21 bits per heavy atom. The Bertz CT molecular complexity index is 546. The van der Waals surface area contributed by atoms with Crippen molar-refractivity contribution in [3.05, 3.63) is 33.6 Å². The Hall–Kier alpha value is -1.11. The fourth-order valence-corrected chi connectivity index (χ4v) is 1.97. The van der Waals surface area contributed by atoms with Gasteiger partial charge in [0.2, 0.25) is 5.89 Å². The summed E-state index contributed by atoms with van der Waals surface area (Å²) in [5.41, 5.74) is 0.782. The summed E-state index contributed by atoms with van der Waals surface area (Å²) in [6.45, 7) is 3.59. The van der Waals surface area contributed by atoms with Gasteiger partial charge in [0.15, 0.2) is 0 Å². The molecule has 0 bridgehead atoms. The van der Waals surface area contributed by atoms with E-state index in [1.54, 1.807) is 12.1 Å². The van der Waals surface area contributed by atoms with Crippen molar-refractivity contribution in [1.29, 1.82) is 0 Å². The monoisotopic (exact) mass is 344 g/mol. The summed E-state index contributed by atoms with van der Waals surface area (Å²) in [5, 5.41) is 14.7. The van der Waals surface area contributed by atoms with E-state index in [2.05, 4.69) is 43.7 Å². The molecule has 0 saturated carbocycles. The lowest BCUT2D eigenvalue weighted by molar-refractivity contribution is 0.479. The molecule has 0 aliphatic rings. The first-order valence-corrected chi connectivity index (χ1v) is 7.11. The van der Waals surface area contributed by atoms with Crippen molar-refractivity contribution in [3.8, 4) is 0 Å². The summed E-state index contributed by atoms with van der Waals surface area (Å²) in [6, 6.07) is 5.77. The van der Waals surface area contributed by atoms with E-state index in [1.165, 1.54) is 0 Å². The molecule has 102 valence electrons. The van der Waals surface area contributed by atoms with Gasteiger partial charge in [-0.15, -0.1) is 5.10 Å². The maximum absolute atomic E-state index is 5.94. The molecule has 2 rings (SSSR count). The molecule has 2 aromatic rings. The standard InChI is InChI=1S/C12H14BrClN4O/c1-2-5-15-7-11-17-18-12(19-11)16-10-6-8(14)3-4-9(10)13/h3-4,6,15H,2,5,7H2,1H3,(H,16,18). The lowest BCUT2D eigenvalue weighted by atomic mass is 10.3. The van der Waals surface area contributed by atoms with Crippen molar-refractivity contribution in [1.82, 2.24) is 15.5 Å². The topological polar surface area (TPSA) is 63.0 Å². The Morgan fingerprint density at radius 1 is 1.37 bits per heavy atom. The number of hydrogen-bond acceptors (Lipinski definition) is 5. The molecule has 0 radical (unpaired) electrons. The number of nitrogens with one attached hydrogen (secondary N) is 2. The zero-order chi connectivity index (χ0) is 13.7. The second-order valence-electron chi connectivity index (χ2n) is 3.93. The van der Waals surface area contributed by atoms with Gasteiger partial charge in [0.05, 0.1) is 12.2 Å². The maximum atomic E-state index is 5.94. The van der Waals surface area contributed by atoms with Crippen molar-refractivity contribution >= 4 is 39.2 Å². The normalized spacial score (nSPS) is 10.7. The van der Waals surface area contributed by atoms with Crippen molar-refractivity contribution in [3.63, 3.8) is 0 Å². The number of benzene rings is 1. The van der Waals surface area contributed by atoms with Crippen LogP contribution in [0.2, 0.25) is 5.02 Å². The van der Waals surface area contributed by atoms with Gasteiger partial charge in [-0.05, 0) is 47.1 Å². The van der Waals surface area contributed by atoms with Gasteiger partial charge in [-0.25, -0.2) is 0 Å². The second kappa shape index (κ2) is 6.88. The second-order valence-corrected chi connectivity index (χ2v) is 5.22. The van der Waals surface area contributed by atoms with E-state index in [-0.39, 0.29) is 0 Å². The van der Waals surface area contributed by atoms with Crippen molar-refractivity contribution in [2.24, 2.45) is 0 Å². The average molecular weight is 346 g/mol. The molecule has 0 saturated heterocycles. The van der Waals surface area contributed by atoms with Crippen LogP contribution in [0.4, 0.5) is 11.7 Å². The smallest absolute Gasteiger partial charge is 0.320 e. The maximum Gasteiger partial charge on any atom is 0.320 e. The fraction of sp³-hybridized carbons (Fsp3) is 0.333. The Kier molecular flexibility index (Phi) is 5.18. The highest BCUT2D eigenvalue weighted by molar-refractivity contribution is 9.10. The van der Waals surface area contributed by atoms with E-state index < -0.39 is 0 Å². The first kappa shape index (κ1) is 14.3. The van der Waals surface area contributed by atoms with Crippen molar-refractivity contribution in [2.45, 2.75) is 19.9 Å². The summed E-state index contributed by atoms with van der Waals surface area (Å²) in [4.78, 5) is 0. The van der Waals surface area contributed by atoms with E-state index in [1.807, 2.05) is 6.07 Å². The van der Waals surface area contributed by atoms with Crippen LogP contribution in [-0.4, -0.2) is 16.7 Å². The van der Waals surface area contributed by atoms with Crippen LogP contribution in [0.15, 0.2) is 27.1 Å². The number of hydrogen-bond donors (Lipinski definition) is 2. The first-order valence-electron chi connectivity index (χ1n) is 5.94. The minimum atomic E-state index is 0.344. The zero-order valence-electron chi connectivity index (χ0n) is 10.4. The van der Waals surface area contributed by atoms with Gasteiger partial charge in [-0.1, -0.05) is 23.6 Å². The van der Waals surface area contributed by atoms with Crippen LogP contribution in [0.25, 0.3) is 0 Å². The highest BCUT2D eigenvalue weighted by atomic mass is 79.9. The number of aromatic nitrogens is 2. The van der Waals surface area contributed by atoms with E-state index in [0.29, 0.717) is 23.5 Å². The predicted octanol–water partition coefficient (Wildman–Crippen LogP) is 3.73. The molecule has 2 N–H and O–H groups in total. The summed E-state index contributed by atoms with van der Waals surface area (Å²) in [7, 11) is 0. The Morgan fingerprint density at radius 3 is 3.00 bits per heavy atom. The van der Waals surface area contributed by atoms with Gasteiger partial charge in [0.1, 0.15) is 0 Å². The van der Waals surface area contributed by atoms with E-state index >= 15 is 0 Å². The van der Waals surface area contributed by atoms with E-state index in [0.717, 1.165) is 23.1 Å². The van der Waals surface area contributed by atoms with Crippen LogP contribution in [0.3, 0.4) is 0 Å². The number of halogens is 2. The van der Waals surface area contributed by atoms with Crippen LogP contribution in [0, 0.1) is 0 Å². The predicted molar refractivity (Wildman–Crippen MR) is 78.7 cm³/mol. The molecular weight excluding hydrogens is 332 g/mol. The summed E-state index contributed by atoms with van der Waals surface area (Å²) < 4.78 is 6.34. The largest absolute Gasteiger partial charge is 0.406 e. The summed E-state index contributed by atoms with van der Waals surface area (Å²) >= 11 is 9.36. The third kappa shape index (κ3) is 4.19. The highest BCUT2D eigenvalue weighted by Crippen LogP contribution is 2.28. The SMILES string of the molecule is CCCNCc1nnc(Nc2cc(Cl)ccc2Br)o1. The molecule has 7 heteroatoms. The highest BCUT2D eigenvalue weighted by Gasteiger charge is 2.08. The minimum Gasteiger partial charge on any atom is -0.406 e. The Labute approximate surface area is 124 Å². The van der Waals surface area contributed by atoms with Crippen LogP contribution in [0.5, 0.6) is 0 Å². The molecule has 0 spiro atoms. The minimum absolute atomic E-state index is 0.344. The van der Waals surface area contributed by atoms with Crippen LogP contribution in [0.1, 0.15) is 19.2 Å². The van der Waals surface area contributed by atoms with E-state index in [9.17, 15) is 0 Å². The van der Waals surface area contributed by atoms with E-state index in [4.69, 9.17) is 16.0 Å². The fourth-order valence-electron chi connectivity index (χ4n) is 1.46. The molecule has 0 aliphatic heterocycles. The van der Waals surface area contributed by atoms with Crippen molar-refractivity contribution in [2.75, 3.05) is 11.9 Å². The molecule has 0 atom stereocenters. The van der Waals surface area contributed by atoms with Gasteiger partial charge >= 0.3 is 6.01 Å². The third-order valence-electron chi connectivity index (χ3n) is 2.34. The quantitative estimate of drug-likeness (QED) is 0.781. The van der Waals surface area contributed by atoms with Gasteiger partial charge in [0, 0.05) is 9.50 Å². The molecular formula is C12H14BrClN4O. The van der Waals surface area contributed by atoms with Gasteiger partial charge in [-0.3, -0.25) is 0 Å². The van der Waals surface area contributed by atoms with Crippen LogP contribution < -0.4 is 10.6 Å². The van der Waals surface area contributed by atoms with Crippen molar-refractivity contribution < 1.29 is 4.42 Å². The Balaban J connectivity index is 2.01. The van der Waals surface area contributed by atoms with Gasteiger partial charge in [-0.2, -0.15) is 0 Å². The molecule has 0 unspecified atom stereocenters. The van der Waals surface area contributed by atoms with Crippen LogP contribution >= 0.6 is 27.5 Å². The van der Waals surface area contributed by atoms with Crippen LogP contribution in [-0.2, 0) is 6.54 Å². The molecule has 0 aliphatic carbocycles. The lowest BCUT2D eigenvalue weighted by Gasteiger charge is -2.04. The molecule has 1 aromatic carbocycles. The third-order valence-corrected chi connectivity index (χ3v) is 3.27. The molecule has 1 aromatic heterocycles. The molecule has 1 heterocycles. The zero-order valence-corrected chi connectivity index (χ0v) is 12.8. The number of nitrogens with zero attached hydrogens (tertiary/aromatic N) is 2. The number of anilines is 2. The lowest BCUT2D eigenvalue weighted by Crippen LogP contribution is -2.13. The summed E-state index contributed by atoms with van der Waals surface area (Å²) in [5.74, 6) is 0.550. The average Bonchev–Trinajstić information content (AvgIpc) is 2.82.